The number of carbonyl (C=O) groups excluding carboxylic acids is 1. The molecule has 4 nitrogen and oxygen atoms in total. The molecule has 0 aliphatic carbocycles. The number of rotatable bonds is 48. The minimum Gasteiger partial charge on any atom is -0.394 e. The molecule has 2 unspecified atom stereocenters. The number of amides is 1. The van der Waals surface area contributed by atoms with Crippen molar-refractivity contribution in [3.05, 3.63) is 146 Å². The van der Waals surface area contributed by atoms with Crippen LogP contribution in [0.25, 0.3) is 0 Å². The lowest BCUT2D eigenvalue weighted by Crippen LogP contribution is -2.45. The minimum absolute atomic E-state index is 0.0618. The van der Waals surface area contributed by atoms with Gasteiger partial charge in [0.1, 0.15) is 0 Å². The van der Waals surface area contributed by atoms with Crippen LogP contribution in [0.3, 0.4) is 0 Å². The summed E-state index contributed by atoms with van der Waals surface area (Å²) in [5, 5.41) is 23.2. The number of aliphatic hydroxyl groups excluding tert-OH is 2. The van der Waals surface area contributed by atoms with Gasteiger partial charge in [-0.1, -0.05) is 262 Å². The zero-order valence-electron chi connectivity index (χ0n) is 43.4. The predicted octanol–water partition coefficient (Wildman–Crippen LogP) is 18.4. The zero-order chi connectivity index (χ0) is 48.5. The molecule has 0 bridgehead atoms. The molecule has 0 aromatic heterocycles. The van der Waals surface area contributed by atoms with Crippen LogP contribution in [-0.2, 0) is 4.79 Å². The number of carbonyl (C=O) groups is 1. The molecular weight excluding hydrogens is 819 g/mol. The standard InChI is InChI=1S/C63H103NO3/c1-3-5-7-9-11-13-15-17-19-20-21-22-23-24-25-26-27-28-29-30-31-32-33-34-35-36-37-38-39-40-41-42-43-44-45-47-49-51-53-55-57-59-63(67)64-61(60-65)62(66)58-56-54-52-50-48-46-18-16-14-12-10-8-6-4-2/h5,7,11,13,17,19,21-22,24-25,27-28,30-31,33-34,36-37,39-40,42-43,45,47,61-62,65-66H,3-4,6,8-10,12,14-16,18,20,23,26,29,32,35,38,41,44,46,48-60H2,1-2H3,(H,64,67)/b7-5-,13-11-,19-17-,22-21-,25-24-,28-27-,31-30-,34-33-,37-36-,40-39-,43-42-,47-45-. The van der Waals surface area contributed by atoms with Gasteiger partial charge in [0.25, 0.3) is 0 Å². The van der Waals surface area contributed by atoms with Crippen LogP contribution in [0.1, 0.15) is 226 Å². The summed E-state index contributed by atoms with van der Waals surface area (Å²) in [4.78, 5) is 12.4. The van der Waals surface area contributed by atoms with Crippen molar-refractivity contribution < 1.29 is 15.0 Å². The molecule has 0 saturated carbocycles. The van der Waals surface area contributed by atoms with E-state index in [0.717, 1.165) is 122 Å². The van der Waals surface area contributed by atoms with Crippen LogP contribution in [0, 0.1) is 0 Å². The maximum Gasteiger partial charge on any atom is 0.220 e. The first-order valence-electron chi connectivity index (χ1n) is 27.5. The third kappa shape index (κ3) is 53.1. The summed E-state index contributed by atoms with van der Waals surface area (Å²) in [6, 6.07) is -0.560. The fraction of sp³-hybridized carbons (Fsp3) is 0.603. The molecule has 378 valence electrons. The Morgan fingerprint density at radius 2 is 0.657 bits per heavy atom. The topological polar surface area (TPSA) is 69.6 Å². The maximum atomic E-state index is 12.4. The lowest BCUT2D eigenvalue weighted by atomic mass is 10.0. The van der Waals surface area contributed by atoms with E-state index in [0.29, 0.717) is 12.8 Å². The first-order valence-corrected chi connectivity index (χ1v) is 27.5. The van der Waals surface area contributed by atoms with E-state index < -0.39 is 12.1 Å². The quantitative estimate of drug-likeness (QED) is 0.0421. The van der Waals surface area contributed by atoms with Gasteiger partial charge < -0.3 is 15.5 Å². The lowest BCUT2D eigenvalue weighted by Gasteiger charge is -2.22. The molecule has 0 radical (unpaired) electrons. The van der Waals surface area contributed by atoms with E-state index in [1.165, 1.54) is 77.0 Å². The summed E-state index contributed by atoms with van der Waals surface area (Å²) in [6.07, 6.45) is 89.6. The molecule has 4 heteroatoms. The molecule has 0 aromatic carbocycles. The van der Waals surface area contributed by atoms with E-state index in [1.54, 1.807) is 0 Å². The van der Waals surface area contributed by atoms with Gasteiger partial charge in [-0.05, 0) is 103 Å². The van der Waals surface area contributed by atoms with Gasteiger partial charge in [0.05, 0.1) is 18.8 Å². The van der Waals surface area contributed by atoms with Gasteiger partial charge in [0.15, 0.2) is 0 Å². The lowest BCUT2D eigenvalue weighted by molar-refractivity contribution is -0.123. The molecule has 0 fully saturated rings. The molecule has 0 aromatic rings. The second-order valence-electron chi connectivity index (χ2n) is 17.9. The summed E-state index contributed by atoms with van der Waals surface area (Å²) in [7, 11) is 0. The minimum atomic E-state index is -0.680. The summed E-state index contributed by atoms with van der Waals surface area (Å²) in [5.74, 6) is -0.0618. The van der Waals surface area contributed by atoms with Gasteiger partial charge in [-0.3, -0.25) is 4.79 Å². The molecule has 0 aliphatic rings. The van der Waals surface area contributed by atoms with E-state index in [2.05, 4.69) is 165 Å². The first kappa shape index (κ1) is 63.3. The highest BCUT2D eigenvalue weighted by molar-refractivity contribution is 5.76. The van der Waals surface area contributed by atoms with Crippen molar-refractivity contribution in [2.24, 2.45) is 0 Å². The first-order chi connectivity index (χ1) is 33.2. The average Bonchev–Trinajstić information content (AvgIpc) is 3.33. The van der Waals surface area contributed by atoms with Crippen LogP contribution in [0.5, 0.6) is 0 Å². The smallest absolute Gasteiger partial charge is 0.220 e. The highest BCUT2D eigenvalue weighted by Crippen LogP contribution is 2.15. The Labute approximate surface area is 414 Å². The van der Waals surface area contributed by atoms with Crippen LogP contribution in [0.4, 0.5) is 0 Å². The van der Waals surface area contributed by atoms with Crippen molar-refractivity contribution in [2.45, 2.75) is 238 Å². The van der Waals surface area contributed by atoms with Crippen molar-refractivity contribution in [3.63, 3.8) is 0 Å². The van der Waals surface area contributed by atoms with Gasteiger partial charge in [-0.25, -0.2) is 0 Å². The Balaban J connectivity index is 3.69. The van der Waals surface area contributed by atoms with Crippen LogP contribution in [0.15, 0.2) is 146 Å². The van der Waals surface area contributed by atoms with Crippen LogP contribution in [-0.4, -0.2) is 34.9 Å². The second kappa shape index (κ2) is 56.6. The van der Waals surface area contributed by atoms with E-state index >= 15 is 0 Å². The molecular formula is C63H103NO3. The number of nitrogens with one attached hydrogen (secondary N) is 1. The van der Waals surface area contributed by atoms with Crippen LogP contribution < -0.4 is 5.32 Å². The van der Waals surface area contributed by atoms with Crippen molar-refractivity contribution in [2.75, 3.05) is 6.61 Å². The summed E-state index contributed by atoms with van der Waals surface area (Å²) in [5.41, 5.74) is 0. The third-order valence-electron chi connectivity index (χ3n) is 11.6. The molecule has 0 spiro atoms. The van der Waals surface area contributed by atoms with Gasteiger partial charge in [0.2, 0.25) is 5.91 Å². The molecule has 0 saturated heterocycles. The molecule has 2 atom stereocenters. The zero-order valence-corrected chi connectivity index (χ0v) is 43.4. The summed E-state index contributed by atoms with van der Waals surface area (Å²) >= 11 is 0. The maximum absolute atomic E-state index is 12.4. The van der Waals surface area contributed by atoms with Crippen molar-refractivity contribution in [1.82, 2.24) is 5.32 Å². The largest absolute Gasteiger partial charge is 0.394 e. The molecule has 3 N–H and O–H groups in total. The molecule has 0 aliphatic heterocycles. The van der Waals surface area contributed by atoms with Gasteiger partial charge in [-0.2, -0.15) is 0 Å². The number of allylic oxidation sites excluding steroid dienone is 24. The summed E-state index contributed by atoms with van der Waals surface area (Å²) < 4.78 is 0. The van der Waals surface area contributed by atoms with Gasteiger partial charge in [0, 0.05) is 6.42 Å². The number of aliphatic hydroxyl groups is 2. The van der Waals surface area contributed by atoms with E-state index in [-0.39, 0.29) is 12.5 Å². The molecule has 0 rings (SSSR count). The van der Waals surface area contributed by atoms with Crippen molar-refractivity contribution >= 4 is 5.91 Å². The van der Waals surface area contributed by atoms with E-state index in [4.69, 9.17) is 0 Å². The number of unbranched alkanes of at least 4 members (excludes halogenated alkanes) is 17. The Morgan fingerprint density at radius 1 is 0.373 bits per heavy atom. The Bertz CT molecular complexity index is 1420. The van der Waals surface area contributed by atoms with Crippen LogP contribution in [0.2, 0.25) is 0 Å². The highest BCUT2D eigenvalue weighted by Gasteiger charge is 2.20. The predicted molar refractivity (Wildman–Crippen MR) is 298 cm³/mol. The third-order valence-corrected chi connectivity index (χ3v) is 11.6. The van der Waals surface area contributed by atoms with Gasteiger partial charge in [-0.15, -0.1) is 0 Å². The fourth-order valence-electron chi connectivity index (χ4n) is 7.46. The number of hydrogen-bond acceptors (Lipinski definition) is 3. The molecule has 67 heavy (non-hydrogen) atoms. The Hall–Kier alpha value is -3.73. The highest BCUT2D eigenvalue weighted by atomic mass is 16.3. The molecule has 0 heterocycles. The van der Waals surface area contributed by atoms with Crippen molar-refractivity contribution in [3.8, 4) is 0 Å². The van der Waals surface area contributed by atoms with Crippen molar-refractivity contribution in [1.29, 1.82) is 0 Å². The average molecular weight is 923 g/mol. The van der Waals surface area contributed by atoms with E-state index in [1.807, 2.05) is 0 Å². The van der Waals surface area contributed by atoms with Gasteiger partial charge >= 0.3 is 0 Å². The SMILES string of the molecule is CC/C=C\C/C=C\C/C=C\C/C=C\C/C=C\C/C=C\C/C=C\C/C=C\C/C=C\C/C=C\C/C=C\C/C=C\CCCCCCC(=O)NC(CO)C(O)CCCCCCCCCCCCCCCC. The second-order valence-corrected chi connectivity index (χ2v) is 17.9. The Morgan fingerprint density at radius 3 is 0.985 bits per heavy atom. The fourth-order valence-corrected chi connectivity index (χ4v) is 7.46. The number of hydrogen-bond donors (Lipinski definition) is 3. The molecule has 1 amide bonds. The Kier molecular flexibility index (Phi) is 53.4. The van der Waals surface area contributed by atoms with E-state index in [9.17, 15) is 15.0 Å². The van der Waals surface area contributed by atoms with Crippen LogP contribution >= 0.6 is 0 Å². The monoisotopic (exact) mass is 922 g/mol. The summed E-state index contributed by atoms with van der Waals surface area (Å²) in [6.45, 7) is 4.22. The normalized spacial score (nSPS) is 14.0.